The van der Waals surface area contributed by atoms with Gasteiger partial charge in [0.1, 0.15) is 5.82 Å². The van der Waals surface area contributed by atoms with Gasteiger partial charge in [-0.3, -0.25) is 4.79 Å². The second-order valence-electron chi connectivity index (χ2n) is 6.05. The van der Waals surface area contributed by atoms with Crippen LogP contribution >= 0.6 is 0 Å². The van der Waals surface area contributed by atoms with Gasteiger partial charge in [0.2, 0.25) is 5.95 Å². The molecule has 7 nitrogen and oxygen atoms in total. The van der Waals surface area contributed by atoms with Crippen molar-refractivity contribution in [2.45, 2.75) is 19.8 Å². The summed E-state index contributed by atoms with van der Waals surface area (Å²) in [5.74, 6) is 1.24. The molecule has 0 radical (unpaired) electrons. The summed E-state index contributed by atoms with van der Waals surface area (Å²) >= 11 is 0. The van der Waals surface area contributed by atoms with E-state index in [0.29, 0.717) is 19.1 Å². The average Bonchev–Trinajstić information content (AvgIpc) is 2.66. The van der Waals surface area contributed by atoms with Crippen LogP contribution in [0.15, 0.2) is 24.3 Å². The Balaban J connectivity index is 1.78. The van der Waals surface area contributed by atoms with Gasteiger partial charge < -0.3 is 20.1 Å². The molecule has 1 fully saturated rings. The first-order valence-electron chi connectivity index (χ1n) is 8.76. The third-order valence-corrected chi connectivity index (χ3v) is 4.39. The lowest BCUT2D eigenvalue weighted by Gasteiger charge is -2.31. The first-order chi connectivity index (χ1) is 12.2. The van der Waals surface area contributed by atoms with Crippen LogP contribution in [0.3, 0.4) is 0 Å². The minimum Gasteiger partial charge on any atom is -0.466 e. The number of esters is 1. The summed E-state index contributed by atoms with van der Waals surface area (Å²) in [6, 6.07) is 7.81. The van der Waals surface area contributed by atoms with Gasteiger partial charge in [-0.05, 0) is 31.9 Å². The number of anilines is 2. The Morgan fingerprint density at radius 1 is 1.32 bits per heavy atom. The van der Waals surface area contributed by atoms with E-state index in [4.69, 9.17) is 9.84 Å². The number of aliphatic hydroxyl groups is 1. The summed E-state index contributed by atoms with van der Waals surface area (Å²) in [7, 11) is 0. The first kappa shape index (κ1) is 17.4. The number of carbonyl (C=O) groups is 1. The van der Waals surface area contributed by atoms with Crippen molar-refractivity contribution in [3.05, 3.63) is 24.3 Å². The van der Waals surface area contributed by atoms with Crippen LogP contribution in [0, 0.1) is 5.92 Å². The van der Waals surface area contributed by atoms with Crippen LogP contribution in [0.4, 0.5) is 11.8 Å². The predicted molar refractivity (Wildman–Crippen MR) is 96.7 cm³/mol. The van der Waals surface area contributed by atoms with Crippen molar-refractivity contribution in [2.24, 2.45) is 5.92 Å². The van der Waals surface area contributed by atoms with Gasteiger partial charge in [-0.2, -0.15) is 4.98 Å². The third kappa shape index (κ3) is 3.99. The van der Waals surface area contributed by atoms with Crippen molar-refractivity contribution >= 4 is 28.6 Å². The second kappa shape index (κ2) is 8.11. The number of fused-ring (bicyclic) bond motifs is 1. The van der Waals surface area contributed by atoms with Crippen LogP contribution in [0.1, 0.15) is 19.8 Å². The predicted octanol–water partition coefficient (Wildman–Crippen LogP) is 1.81. The van der Waals surface area contributed by atoms with Gasteiger partial charge in [0.15, 0.2) is 0 Å². The number of piperidine rings is 1. The summed E-state index contributed by atoms with van der Waals surface area (Å²) in [6.07, 6.45) is 1.49. The molecule has 3 rings (SSSR count). The van der Waals surface area contributed by atoms with Crippen molar-refractivity contribution in [3.63, 3.8) is 0 Å². The molecule has 0 amide bonds. The van der Waals surface area contributed by atoms with Crippen molar-refractivity contribution in [3.8, 4) is 0 Å². The highest BCUT2D eigenvalue weighted by Gasteiger charge is 2.27. The van der Waals surface area contributed by atoms with Crippen LogP contribution in [0.5, 0.6) is 0 Å². The third-order valence-electron chi connectivity index (χ3n) is 4.39. The lowest BCUT2D eigenvalue weighted by Crippen LogP contribution is -2.38. The van der Waals surface area contributed by atoms with Gasteiger partial charge in [-0.1, -0.05) is 12.1 Å². The van der Waals surface area contributed by atoms with E-state index < -0.39 is 0 Å². The van der Waals surface area contributed by atoms with Crippen molar-refractivity contribution in [1.29, 1.82) is 0 Å². The summed E-state index contributed by atoms with van der Waals surface area (Å²) < 4.78 is 5.12. The van der Waals surface area contributed by atoms with Gasteiger partial charge in [-0.15, -0.1) is 0 Å². The lowest BCUT2D eigenvalue weighted by molar-refractivity contribution is -0.148. The Hall–Kier alpha value is -2.41. The van der Waals surface area contributed by atoms with Crippen LogP contribution in [0.2, 0.25) is 0 Å². The zero-order valence-electron chi connectivity index (χ0n) is 14.4. The van der Waals surface area contributed by atoms with Gasteiger partial charge in [-0.25, -0.2) is 4.98 Å². The summed E-state index contributed by atoms with van der Waals surface area (Å²) in [5.41, 5.74) is 0.862. The van der Waals surface area contributed by atoms with E-state index in [1.807, 2.05) is 31.2 Å². The summed E-state index contributed by atoms with van der Waals surface area (Å²) in [4.78, 5) is 23.3. The molecule has 134 valence electrons. The molecule has 2 heterocycles. The van der Waals surface area contributed by atoms with Crippen molar-refractivity contribution in [2.75, 3.05) is 43.1 Å². The SMILES string of the molecule is CCOC(=O)C1CCN(c2nc(NCCO)c3ccccc3n2)CC1. The molecule has 0 saturated carbocycles. The zero-order chi connectivity index (χ0) is 17.6. The largest absolute Gasteiger partial charge is 0.466 e. The quantitative estimate of drug-likeness (QED) is 0.773. The standard InChI is InChI=1S/C18H24N4O3/c1-2-25-17(24)13-7-10-22(11-8-13)18-20-15-6-4-3-5-14(15)16(21-18)19-9-12-23/h3-6,13,23H,2,7-12H2,1H3,(H,19,20,21). The molecule has 7 heteroatoms. The maximum atomic E-state index is 11.9. The molecular weight excluding hydrogens is 320 g/mol. The number of aromatic nitrogens is 2. The first-order valence-corrected chi connectivity index (χ1v) is 8.76. The van der Waals surface area contributed by atoms with Gasteiger partial charge >= 0.3 is 5.97 Å². The van der Waals surface area contributed by atoms with Crippen molar-refractivity contribution in [1.82, 2.24) is 9.97 Å². The van der Waals surface area contributed by atoms with Crippen molar-refractivity contribution < 1.29 is 14.6 Å². The number of nitrogens with one attached hydrogen (secondary N) is 1. The Labute approximate surface area is 147 Å². The molecule has 0 bridgehead atoms. The second-order valence-corrected chi connectivity index (χ2v) is 6.05. The van der Waals surface area contributed by atoms with E-state index in [0.717, 1.165) is 42.7 Å². The zero-order valence-corrected chi connectivity index (χ0v) is 14.4. The van der Waals surface area contributed by atoms with E-state index in [1.54, 1.807) is 0 Å². The maximum Gasteiger partial charge on any atom is 0.309 e. The summed E-state index contributed by atoms with van der Waals surface area (Å²) in [5, 5.41) is 13.2. The van der Waals surface area contributed by atoms with E-state index in [-0.39, 0.29) is 18.5 Å². The topological polar surface area (TPSA) is 87.6 Å². The van der Waals surface area contributed by atoms with E-state index >= 15 is 0 Å². The number of para-hydroxylation sites is 1. The molecule has 25 heavy (non-hydrogen) atoms. The number of aliphatic hydroxyl groups excluding tert-OH is 1. The number of hydrogen-bond acceptors (Lipinski definition) is 7. The monoisotopic (exact) mass is 344 g/mol. The molecule has 1 aliphatic rings. The van der Waals surface area contributed by atoms with Crippen LogP contribution in [-0.2, 0) is 9.53 Å². The smallest absolute Gasteiger partial charge is 0.309 e. The van der Waals surface area contributed by atoms with Crippen LogP contribution < -0.4 is 10.2 Å². The molecule has 0 atom stereocenters. The Bertz CT molecular complexity index is 729. The van der Waals surface area contributed by atoms with Crippen LogP contribution in [0.25, 0.3) is 10.9 Å². The minimum absolute atomic E-state index is 0.0383. The fourth-order valence-electron chi connectivity index (χ4n) is 3.09. The molecule has 0 spiro atoms. The number of carbonyl (C=O) groups excluding carboxylic acids is 1. The number of benzene rings is 1. The molecule has 1 saturated heterocycles. The average molecular weight is 344 g/mol. The van der Waals surface area contributed by atoms with Crippen LogP contribution in [-0.4, -0.2) is 53.9 Å². The van der Waals surface area contributed by atoms with E-state index in [2.05, 4.69) is 20.2 Å². The highest BCUT2D eigenvalue weighted by Crippen LogP contribution is 2.26. The molecule has 0 aliphatic carbocycles. The molecule has 0 unspecified atom stereocenters. The summed E-state index contributed by atoms with van der Waals surface area (Å²) in [6.45, 7) is 4.18. The van der Waals surface area contributed by atoms with Gasteiger partial charge in [0, 0.05) is 25.0 Å². The highest BCUT2D eigenvalue weighted by atomic mass is 16.5. The minimum atomic E-state index is -0.105. The van der Waals surface area contributed by atoms with E-state index in [9.17, 15) is 4.79 Å². The Morgan fingerprint density at radius 3 is 2.80 bits per heavy atom. The Morgan fingerprint density at radius 2 is 2.08 bits per heavy atom. The lowest BCUT2D eigenvalue weighted by atomic mass is 9.97. The highest BCUT2D eigenvalue weighted by molar-refractivity contribution is 5.90. The van der Waals surface area contributed by atoms with E-state index in [1.165, 1.54) is 0 Å². The van der Waals surface area contributed by atoms with Gasteiger partial charge in [0.05, 0.1) is 24.6 Å². The number of rotatable bonds is 6. The molecule has 1 aromatic carbocycles. The Kier molecular flexibility index (Phi) is 5.65. The molecule has 2 aromatic rings. The maximum absolute atomic E-state index is 11.9. The number of ether oxygens (including phenoxy) is 1. The van der Waals surface area contributed by atoms with Gasteiger partial charge in [0.25, 0.3) is 0 Å². The number of nitrogens with zero attached hydrogens (tertiary/aromatic N) is 3. The fraction of sp³-hybridized carbons (Fsp3) is 0.500. The molecule has 1 aromatic heterocycles. The molecule has 2 N–H and O–H groups in total. The fourth-order valence-corrected chi connectivity index (χ4v) is 3.09. The number of hydrogen-bond donors (Lipinski definition) is 2. The molecular formula is C18H24N4O3. The normalized spacial score (nSPS) is 15.4. The molecule has 1 aliphatic heterocycles.